The lowest BCUT2D eigenvalue weighted by molar-refractivity contribution is 0.365. The van der Waals surface area contributed by atoms with Crippen molar-refractivity contribution < 1.29 is 8.42 Å². The number of rotatable bonds is 2. The molecule has 0 radical (unpaired) electrons. The Labute approximate surface area is 92.6 Å². The predicted octanol–water partition coefficient (Wildman–Crippen LogP) is 1.34. The highest BCUT2D eigenvalue weighted by atomic mass is 32.2. The van der Waals surface area contributed by atoms with Crippen molar-refractivity contribution in [1.29, 1.82) is 0 Å². The zero-order chi connectivity index (χ0) is 10.9. The highest BCUT2D eigenvalue weighted by molar-refractivity contribution is 7.91. The molecule has 2 fully saturated rings. The molecule has 1 aliphatic heterocycles. The minimum absolute atomic E-state index is 0.217. The topological polar surface area (TPSA) is 46.2 Å². The molecule has 1 saturated heterocycles. The molecule has 1 N–H and O–H groups in total. The van der Waals surface area contributed by atoms with Gasteiger partial charge in [-0.1, -0.05) is 13.3 Å². The fraction of sp³-hybridized carbons (Fsp3) is 1.00. The molecule has 0 aromatic rings. The van der Waals surface area contributed by atoms with Gasteiger partial charge in [0, 0.05) is 12.1 Å². The summed E-state index contributed by atoms with van der Waals surface area (Å²) in [5, 5.41) is 3.54. The third-order valence-electron chi connectivity index (χ3n) is 3.77. The minimum atomic E-state index is -2.75. The number of hydrogen-bond acceptors (Lipinski definition) is 3. The molecule has 1 aliphatic carbocycles. The molecular weight excluding hydrogens is 210 g/mol. The summed E-state index contributed by atoms with van der Waals surface area (Å²) in [6, 6.07) is 0.776. The van der Waals surface area contributed by atoms with E-state index in [9.17, 15) is 8.42 Å². The fourth-order valence-corrected chi connectivity index (χ4v) is 4.50. The molecule has 1 saturated carbocycles. The van der Waals surface area contributed by atoms with Crippen LogP contribution in [0.1, 0.15) is 39.0 Å². The van der Waals surface area contributed by atoms with Crippen LogP contribution in [0.25, 0.3) is 0 Å². The Hall–Kier alpha value is -0.0900. The van der Waals surface area contributed by atoms with Gasteiger partial charge in [0.25, 0.3) is 0 Å². The third kappa shape index (κ3) is 2.94. The SMILES string of the molecule is CC1CCCC1NC1CCCS(=O)(=O)C1. The van der Waals surface area contributed by atoms with E-state index in [1.165, 1.54) is 19.3 Å². The maximum Gasteiger partial charge on any atom is 0.151 e. The molecular formula is C11H21NO2S. The van der Waals surface area contributed by atoms with Crippen molar-refractivity contribution in [3.8, 4) is 0 Å². The van der Waals surface area contributed by atoms with Crippen LogP contribution >= 0.6 is 0 Å². The summed E-state index contributed by atoms with van der Waals surface area (Å²) >= 11 is 0. The molecule has 15 heavy (non-hydrogen) atoms. The van der Waals surface area contributed by atoms with Gasteiger partial charge in [0.05, 0.1) is 11.5 Å². The Morgan fingerprint density at radius 1 is 1.13 bits per heavy atom. The molecule has 4 heteroatoms. The highest BCUT2D eigenvalue weighted by Gasteiger charge is 2.30. The molecule has 0 aromatic carbocycles. The molecule has 0 amide bonds. The molecule has 2 aliphatic rings. The first-order chi connectivity index (χ1) is 7.07. The van der Waals surface area contributed by atoms with E-state index in [1.807, 2.05) is 0 Å². The van der Waals surface area contributed by atoms with Gasteiger partial charge in [-0.15, -0.1) is 0 Å². The molecule has 3 nitrogen and oxygen atoms in total. The Balaban J connectivity index is 1.89. The van der Waals surface area contributed by atoms with Crippen molar-refractivity contribution in [3.05, 3.63) is 0 Å². The first kappa shape index (κ1) is 11.4. The Morgan fingerprint density at radius 3 is 2.53 bits per heavy atom. The van der Waals surface area contributed by atoms with Gasteiger partial charge in [0.15, 0.2) is 9.84 Å². The fourth-order valence-electron chi connectivity index (χ4n) is 2.85. The minimum Gasteiger partial charge on any atom is -0.310 e. The smallest absolute Gasteiger partial charge is 0.151 e. The van der Waals surface area contributed by atoms with E-state index >= 15 is 0 Å². The van der Waals surface area contributed by atoms with Gasteiger partial charge in [0.1, 0.15) is 0 Å². The van der Waals surface area contributed by atoms with Crippen LogP contribution in [0, 0.1) is 5.92 Å². The van der Waals surface area contributed by atoms with E-state index in [1.54, 1.807) is 0 Å². The van der Waals surface area contributed by atoms with Gasteiger partial charge in [-0.25, -0.2) is 8.42 Å². The molecule has 0 spiro atoms. The second-order valence-electron chi connectivity index (χ2n) is 5.13. The van der Waals surface area contributed by atoms with Gasteiger partial charge in [0.2, 0.25) is 0 Å². The summed E-state index contributed by atoms with van der Waals surface area (Å²) in [4.78, 5) is 0. The van der Waals surface area contributed by atoms with Gasteiger partial charge in [-0.2, -0.15) is 0 Å². The Bertz CT molecular complexity index is 313. The number of sulfone groups is 1. The largest absolute Gasteiger partial charge is 0.310 e. The van der Waals surface area contributed by atoms with Crippen LogP contribution in [0.2, 0.25) is 0 Å². The monoisotopic (exact) mass is 231 g/mol. The standard InChI is InChI=1S/C11H21NO2S/c1-9-4-2-6-11(9)12-10-5-3-7-15(13,14)8-10/h9-12H,2-8H2,1H3. The van der Waals surface area contributed by atoms with Crippen molar-refractivity contribution in [2.45, 2.75) is 51.1 Å². The van der Waals surface area contributed by atoms with Crippen LogP contribution in [-0.2, 0) is 9.84 Å². The molecule has 88 valence electrons. The lowest BCUT2D eigenvalue weighted by Gasteiger charge is -2.28. The van der Waals surface area contributed by atoms with Crippen LogP contribution < -0.4 is 5.32 Å². The second kappa shape index (κ2) is 4.42. The van der Waals surface area contributed by atoms with Crippen molar-refractivity contribution in [2.24, 2.45) is 5.92 Å². The molecule has 2 rings (SSSR count). The summed E-state index contributed by atoms with van der Waals surface area (Å²) in [6.07, 6.45) is 5.66. The van der Waals surface area contributed by atoms with Crippen LogP contribution in [0.3, 0.4) is 0 Å². The molecule has 0 aromatic heterocycles. The zero-order valence-electron chi connectivity index (χ0n) is 9.41. The van der Waals surface area contributed by atoms with E-state index in [0.29, 0.717) is 17.5 Å². The van der Waals surface area contributed by atoms with Crippen LogP contribution in [-0.4, -0.2) is 32.0 Å². The summed E-state index contributed by atoms with van der Waals surface area (Å²) in [5.41, 5.74) is 0. The first-order valence-electron chi connectivity index (χ1n) is 6.03. The van der Waals surface area contributed by atoms with Crippen LogP contribution in [0.4, 0.5) is 0 Å². The highest BCUT2D eigenvalue weighted by Crippen LogP contribution is 2.26. The van der Waals surface area contributed by atoms with Crippen LogP contribution in [0.5, 0.6) is 0 Å². The zero-order valence-corrected chi connectivity index (χ0v) is 10.2. The average Bonchev–Trinajstić information content (AvgIpc) is 2.50. The quantitative estimate of drug-likeness (QED) is 0.780. The number of nitrogens with one attached hydrogen (secondary N) is 1. The van der Waals surface area contributed by atoms with Gasteiger partial charge in [-0.05, 0) is 31.6 Å². The van der Waals surface area contributed by atoms with E-state index < -0.39 is 9.84 Å². The normalized spacial score (nSPS) is 40.5. The molecule has 3 atom stereocenters. The second-order valence-corrected chi connectivity index (χ2v) is 7.36. The lowest BCUT2D eigenvalue weighted by Crippen LogP contribution is -2.46. The van der Waals surface area contributed by atoms with Gasteiger partial charge >= 0.3 is 0 Å². The molecule has 1 heterocycles. The van der Waals surface area contributed by atoms with Crippen molar-refractivity contribution in [1.82, 2.24) is 5.32 Å². The summed E-state index contributed by atoms with van der Waals surface area (Å²) in [6.45, 7) is 2.27. The maximum absolute atomic E-state index is 11.5. The maximum atomic E-state index is 11.5. The Morgan fingerprint density at radius 2 is 1.93 bits per heavy atom. The summed E-state index contributed by atoms with van der Waals surface area (Å²) in [5.74, 6) is 1.47. The summed E-state index contributed by atoms with van der Waals surface area (Å²) in [7, 11) is -2.75. The van der Waals surface area contributed by atoms with E-state index in [-0.39, 0.29) is 6.04 Å². The van der Waals surface area contributed by atoms with Gasteiger partial charge in [-0.3, -0.25) is 0 Å². The lowest BCUT2D eigenvalue weighted by atomic mass is 10.0. The van der Waals surface area contributed by atoms with Crippen molar-refractivity contribution in [3.63, 3.8) is 0 Å². The van der Waals surface area contributed by atoms with E-state index in [0.717, 1.165) is 18.8 Å². The third-order valence-corrected chi connectivity index (χ3v) is 5.60. The average molecular weight is 231 g/mol. The van der Waals surface area contributed by atoms with Gasteiger partial charge < -0.3 is 5.32 Å². The number of hydrogen-bond donors (Lipinski definition) is 1. The summed E-state index contributed by atoms with van der Waals surface area (Å²) < 4.78 is 23.0. The Kier molecular flexibility index (Phi) is 3.36. The van der Waals surface area contributed by atoms with E-state index in [2.05, 4.69) is 12.2 Å². The first-order valence-corrected chi connectivity index (χ1v) is 7.85. The molecule has 0 bridgehead atoms. The van der Waals surface area contributed by atoms with Crippen molar-refractivity contribution >= 4 is 9.84 Å². The van der Waals surface area contributed by atoms with Crippen LogP contribution in [0.15, 0.2) is 0 Å². The van der Waals surface area contributed by atoms with Crippen molar-refractivity contribution in [2.75, 3.05) is 11.5 Å². The molecule has 3 unspecified atom stereocenters. The van der Waals surface area contributed by atoms with E-state index in [4.69, 9.17) is 0 Å². The predicted molar refractivity (Wildman–Crippen MR) is 61.6 cm³/mol.